The van der Waals surface area contributed by atoms with Crippen molar-refractivity contribution in [2.75, 3.05) is 6.54 Å². The maximum atomic E-state index is 13.0. The summed E-state index contributed by atoms with van der Waals surface area (Å²) < 4.78 is 1.94. The first-order valence-corrected chi connectivity index (χ1v) is 10.5. The predicted octanol–water partition coefficient (Wildman–Crippen LogP) is 4.17. The number of aromatic nitrogens is 3. The number of carbonyl (C=O) groups is 2. The van der Waals surface area contributed by atoms with E-state index in [4.69, 9.17) is 0 Å². The molecule has 0 radical (unpaired) electrons. The number of rotatable bonds is 4. The highest BCUT2D eigenvalue weighted by Crippen LogP contribution is 2.31. The summed E-state index contributed by atoms with van der Waals surface area (Å²) in [5.74, 6) is 1.34. The Morgan fingerprint density at radius 2 is 1.80 bits per heavy atom. The second-order valence-electron chi connectivity index (χ2n) is 8.67. The Hall–Kier alpha value is -3.02. The van der Waals surface area contributed by atoms with Crippen LogP contribution >= 0.6 is 0 Å². The molecule has 2 atom stereocenters. The van der Waals surface area contributed by atoms with E-state index >= 15 is 0 Å². The van der Waals surface area contributed by atoms with E-state index in [1.54, 1.807) is 19.3 Å². The molecule has 1 aliphatic rings. The molecule has 30 heavy (non-hydrogen) atoms. The van der Waals surface area contributed by atoms with Crippen molar-refractivity contribution >= 4 is 22.6 Å². The lowest BCUT2D eigenvalue weighted by atomic mass is 10.0. The zero-order chi connectivity index (χ0) is 21.6. The van der Waals surface area contributed by atoms with Crippen LogP contribution in [0.3, 0.4) is 0 Å². The van der Waals surface area contributed by atoms with Gasteiger partial charge in [-0.2, -0.15) is 0 Å². The van der Waals surface area contributed by atoms with E-state index in [0.29, 0.717) is 11.5 Å². The summed E-state index contributed by atoms with van der Waals surface area (Å²) in [7, 11) is 0. The maximum absolute atomic E-state index is 13.0. The minimum atomic E-state index is -0.00827. The van der Waals surface area contributed by atoms with Gasteiger partial charge in [0, 0.05) is 47.7 Å². The number of Topliss-reactive ketones (excluding diaryl/α,β-unsaturated/α-hetero) is 1. The number of aryl methyl sites for hydroxylation is 2. The van der Waals surface area contributed by atoms with Gasteiger partial charge in [0.1, 0.15) is 12.4 Å². The van der Waals surface area contributed by atoms with Crippen molar-refractivity contribution in [2.24, 2.45) is 5.92 Å². The number of fused-ring (bicyclic) bond motifs is 1. The lowest BCUT2D eigenvalue weighted by Gasteiger charge is -2.22. The molecule has 4 rings (SSSR count). The van der Waals surface area contributed by atoms with E-state index in [1.807, 2.05) is 35.6 Å². The number of amides is 1. The van der Waals surface area contributed by atoms with Gasteiger partial charge in [-0.05, 0) is 63.3 Å². The van der Waals surface area contributed by atoms with E-state index in [-0.39, 0.29) is 24.3 Å². The molecule has 0 bridgehead atoms. The lowest BCUT2D eigenvalue weighted by Crippen LogP contribution is -2.36. The van der Waals surface area contributed by atoms with Crippen LogP contribution in [-0.2, 0) is 11.3 Å². The maximum Gasteiger partial charge on any atom is 0.242 e. The number of hydrogen-bond donors (Lipinski definition) is 0. The first-order chi connectivity index (χ1) is 14.2. The third-order valence-electron chi connectivity index (χ3n) is 6.07. The standard InChI is InChI=1S/C24H28N4O2/c1-14-6-16(3)28(11-14)23(30)13-27-12-22(17(4)29)21-8-19(7-15(2)24(21)27)20-9-25-18(5)26-10-20/h7-10,12,14,16H,6,11,13H2,1-5H3. The molecule has 1 aromatic carbocycles. The summed E-state index contributed by atoms with van der Waals surface area (Å²) in [5.41, 5.74) is 4.47. The smallest absolute Gasteiger partial charge is 0.242 e. The number of hydrogen-bond acceptors (Lipinski definition) is 4. The van der Waals surface area contributed by atoms with E-state index in [2.05, 4.69) is 29.9 Å². The highest BCUT2D eigenvalue weighted by Gasteiger charge is 2.30. The molecule has 1 aliphatic heterocycles. The average Bonchev–Trinajstić information content (AvgIpc) is 3.22. The molecule has 1 amide bonds. The fourth-order valence-corrected chi connectivity index (χ4v) is 4.65. The fraction of sp³-hybridized carbons (Fsp3) is 0.417. The molecule has 6 heteroatoms. The second kappa shape index (κ2) is 7.67. The van der Waals surface area contributed by atoms with Gasteiger partial charge in [0.05, 0.1) is 5.52 Å². The molecule has 0 aliphatic carbocycles. The molecule has 0 N–H and O–H groups in total. The van der Waals surface area contributed by atoms with Crippen molar-refractivity contribution in [2.45, 2.75) is 53.6 Å². The molecule has 3 heterocycles. The molecule has 0 saturated carbocycles. The summed E-state index contributed by atoms with van der Waals surface area (Å²) >= 11 is 0. The van der Waals surface area contributed by atoms with Crippen LogP contribution in [0.25, 0.3) is 22.0 Å². The van der Waals surface area contributed by atoms with Gasteiger partial charge in [-0.3, -0.25) is 9.59 Å². The Morgan fingerprint density at radius 3 is 2.40 bits per heavy atom. The molecular weight excluding hydrogens is 376 g/mol. The van der Waals surface area contributed by atoms with Gasteiger partial charge in [0.25, 0.3) is 0 Å². The monoisotopic (exact) mass is 404 g/mol. The zero-order valence-electron chi connectivity index (χ0n) is 18.3. The third-order valence-corrected chi connectivity index (χ3v) is 6.07. The molecule has 2 aromatic heterocycles. The van der Waals surface area contributed by atoms with Crippen molar-refractivity contribution in [3.8, 4) is 11.1 Å². The Labute approximate surface area is 176 Å². The van der Waals surface area contributed by atoms with E-state index < -0.39 is 0 Å². The normalized spacial score (nSPS) is 18.9. The van der Waals surface area contributed by atoms with Gasteiger partial charge in [0.15, 0.2) is 5.78 Å². The lowest BCUT2D eigenvalue weighted by molar-refractivity contribution is -0.132. The Kier molecular flexibility index (Phi) is 5.18. The van der Waals surface area contributed by atoms with Crippen molar-refractivity contribution in [1.29, 1.82) is 0 Å². The minimum absolute atomic E-state index is 0.00827. The Bertz CT molecular complexity index is 1130. The van der Waals surface area contributed by atoms with Crippen LogP contribution in [0.1, 0.15) is 48.9 Å². The van der Waals surface area contributed by atoms with Gasteiger partial charge in [-0.1, -0.05) is 6.92 Å². The van der Waals surface area contributed by atoms with E-state index in [1.165, 1.54) is 0 Å². The number of carbonyl (C=O) groups excluding carboxylic acids is 2. The van der Waals surface area contributed by atoms with Crippen LogP contribution in [0.4, 0.5) is 0 Å². The van der Waals surface area contributed by atoms with Gasteiger partial charge < -0.3 is 9.47 Å². The molecule has 1 saturated heterocycles. The van der Waals surface area contributed by atoms with E-state index in [9.17, 15) is 9.59 Å². The molecule has 0 spiro atoms. The first-order valence-electron chi connectivity index (χ1n) is 10.5. The number of ketones is 1. The quantitative estimate of drug-likeness (QED) is 0.612. The second-order valence-corrected chi connectivity index (χ2v) is 8.67. The van der Waals surface area contributed by atoms with Crippen molar-refractivity contribution in [1.82, 2.24) is 19.4 Å². The highest BCUT2D eigenvalue weighted by atomic mass is 16.2. The number of benzene rings is 1. The van der Waals surface area contributed by atoms with Crippen molar-refractivity contribution in [3.05, 3.63) is 47.7 Å². The Morgan fingerprint density at radius 1 is 1.10 bits per heavy atom. The van der Waals surface area contributed by atoms with E-state index in [0.717, 1.165) is 46.4 Å². The molecule has 156 valence electrons. The molecule has 6 nitrogen and oxygen atoms in total. The van der Waals surface area contributed by atoms with Crippen LogP contribution in [0.2, 0.25) is 0 Å². The van der Waals surface area contributed by atoms with Crippen LogP contribution in [0, 0.1) is 19.8 Å². The third kappa shape index (κ3) is 3.62. The van der Waals surface area contributed by atoms with Crippen LogP contribution in [0.15, 0.2) is 30.7 Å². The number of nitrogens with zero attached hydrogens (tertiary/aromatic N) is 4. The summed E-state index contributed by atoms with van der Waals surface area (Å²) in [4.78, 5) is 36.0. The fourth-order valence-electron chi connectivity index (χ4n) is 4.65. The summed E-state index contributed by atoms with van der Waals surface area (Å²) in [5, 5.41) is 0.869. The zero-order valence-corrected chi connectivity index (χ0v) is 18.3. The van der Waals surface area contributed by atoms with Crippen LogP contribution in [-0.4, -0.2) is 43.7 Å². The average molecular weight is 405 g/mol. The number of likely N-dealkylation sites (tertiary alicyclic amines) is 1. The van der Waals surface area contributed by atoms with Crippen LogP contribution < -0.4 is 0 Å². The summed E-state index contributed by atoms with van der Waals surface area (Å²) in [6, 6.07) is 4.34. The van der Waals surface area contributed by atoms with Crippen molar-refractivity contribution in [3.63, 3.8) is 0 Å². The molecule has 1 fully saturated rings. The molecular formula is C24H28N4O2. The van der Waals surface area contributed by atoms with Gasteiger partial charge in [-0.15, -0.1) is 0 Å². The highest BCUT2D eigenvalue weighted by molar-refractivity contribution is 6.09. The summed E-state index contributed by atoms with van der Waals surface area (Å²) in [6.07, 6.45) is 6.47. The largest absolute Gasteiger partial charge is 0.338 e. The molecule has 2 unspecified atom stereocenters. The van der Waals surface area contributed by atoms with Crippen LogP contribution in [0.5, 0.6) is 0 Å². The van der Waals surface area contributed by atoms with Gasteiger partial charge in [-0.25, -0.2) is 9.97 Å². The first kappa shape index (κ1) is 20.3. The molecule has 3 aromatic rings. The summed E-state index contributed by atoms with van der Waals surface area (Å²) in [6.45, 7) is 10.8. The topological polar surface area (TPSA) is 68.1 Å². The van der Waals surface area contributed by atoms with Gasteiger partial charge >= 0.3 is 0 Å². The van der Waals surface area contributed by atoms with Gasteiger partial charge in [0.2, 0.25) is 5.91 Å². The van der Waals surface area contributed by atoms with Crippen molar-refractivity contribution < 1.29 is 9.59 Å². The minimum Gasteiger partial charge on any atom is -0.338 e. The Balaban J connectivity index is 1.77. The SMILES string of the molecule is CC(=O)c1cn(CC(=O)N2CC(C)CC2C)c2c(C)cc(-c3cnc(C)nc3)cc12. The predicted molar refractivity (Wildman–Crippen MR) is 117 cm³/mol.